The van der Waals surface area contributed by atoms with Crippen molar-refractivity contribution in [1.29, 1.82) is 0 Å². The second kappa shape index (κ2) is 8.93. The van der Waals surface area contributed by atoms with Gasteiger partial charge >= 0.3 is 5.97 Å². The summed E-state index contributed by atoms with van der Waals surface area (Å²) in [5.41, 5.74) is 0. The average Bonchev–Trinajstić information content (AvgIpc) is 2.16. The maximum Gasteiger partial charge on any atom is 0.323 e. The summed E-state index contributed by atoms with van der Waals surface area (Å²) < 4.78 is 9.90. The maximum absolute atomic E-state index is 10.7. The molecule has 0 spiro atoms. The van der Waals surface area contributed by atoms with Crippen LogP contribution in [0.25, 0.3) is 0 Å². The minimum atomic E-state index is -0.879. The first-order valence-corrected chi connectivity index (χ1v) is 4.75. The van der Waals surface area contributed by atoms with E-state index in [1.54, 1.807) is 7.11 Å². The zero-order chi connectivity index (χ0) is 10.8. The van der Waals surface area contributed by atoms with E-state index >= 15 is 0 Å². The number of aliphatic carboxylic acids is 1. The van der Waals surface area contributed by atoms with Crippen molar-refractivity contribution >= 4 is 5.97 Å². The fourth-order valence-electron chi connectivity index (χ4n) is 0.880. The van der Waals surface area contributed by atoms with Crippen LogP contribution in [0.3, 0.4) is 0 Å². The van der Waals surface area contributed by atoms with Gasteiger partial charge in [-0.25, -0.2) is 0 Å². The van der Waals surface area contributed by atoms with Gasteiger partial charge in [-0.2, -0.15) is 0 Å². The maximum atomic E-state index is 10.7. The van der Waals surface area contributed by atoms with Crippen LogP contribution in [0.2, 0.25) is 0 Å². The zero-order valence-electron chi connectivity index (χ0n) is 8.78. The Labute approximate surface area is 84.4 Å². The van der Waals surface area contributed by atoms with Gasteiger partial charge in [-0.15, -0.1) is 0 Å². The summed E-state index contributed by atoms with van der Waals surface area (Å²) >= 11 is 0. The van der Waals surface area contributed by atoms with Crippen LogP contribution in [0.1, 0.15) is 13.3 Å². The van der Waals surface area contributed by atoms with Gasteiger partial charge in [0.25, 0.3) is 0 Å². The molecule has 1 atom stereocenters. The number of rotatable bonds is 9. The molecule has 0 aliphatic rings. The van der Waals surface area contributed by atoms with Gasteiger partial charge in [0.2, 0.25) is 0 Å². The molecule has 1 unspecified atom stereocenters. The first kappa shape index (κ1) is 13.4. The van der Waals surface area contributed by atoms with Crippen LogP contribution >= 0.6 is 0 Å². The molecule has 0 amide bonds. The van der Waals surface area contributed by atoms with Crippen molar-refractivity contribution in [2.24, 2.45) is 0 Å². The van der Waals surface area contributed by atoms with Crippen molar-refractivity contribution in [2.45, 2.75) is 19.4 Å². The number of carboxylic acid groups (broad SMARTS) is 1. The van der Waals surface area contributed by atoms with E-state index in [-0.39, 0.29) is 6.61 Å². The van der Waals surface area contributed by atoms with Crippen molar-refractivity contribution in [3.05, 3.63) is 0 Å². The molecule has 0 aliphatic heterocycles. The third-order valence-corrected chi connectivity index (χ3v) is 1.66. The van der Waals surface area contributed by atoms with Crippen LogP contribution in [0.4, 0.5) is 0 Å². The van der Waals surface area contributed by atoms with Crippen LogP contribution in [0.15, 0.2) is 0 Å². The van der Waals surface area contributed by atoms with Crippen LogP contribution in [0, 0.1) is 0 Å². The molecule has 0 saturated heterocycles. The summed E-state index contributed by atoms with van der Waals surface area (Å²) in [5.74, 6) is -0.879. The first-order chi connectivity index (χ1) is 6.72. The largest absolute Gasteiger partial charge is 0.480 e. The van der Waals surface area contributed by atoms with Gasteiger partial charge in [0.05, 0.1) is 19.8 Å². The lowest BCUT2D eigenvalue weighted by molar-refractivity contribution is -0.141. The lowest BCUT2D eigenvalue weighted by atomic mass is 10.3. The molecule has 0 aromatic carbocycles. The minimum absolute atomic E-state index is 0.179. The van der Waals surface area contributed by atoms with Gasteiger partial charge in [0.15, 0.2) is 0 Å². The van der Waals surface area contributed by atoms with E-state index in [4.69, 9.17) is 14.6 Å². The van der Waals surface area contributed by atoms with Gasteiger partial charge < -0.3 is 19.9 Å². The number of ether oxygens (including phenoxy) is 2. The highest BCUT2D eigenvalue weighted by Gasteiger charge is 2.15. The Kier molecular flexibility index (Phi) is 8.51. The Morgan fingerprint density at radius 2 is 2.21 bits per heavy atom. The number of carbonyl (C=O) groups is 1. The van der Waals surface area contributed by atoms with Gasteiger partial charge in [-0.05, 0) is 13.0 Å². The molecule has 0 saturated carbocycles. The molecule has 5 heteroatoms. The third kappa shape index (κ3) is 6.82. The standard InChI is InChI=1S/C9H19NO4/c1-3-4-10-8(9(11)12)7-14-6-5-13-2/h8,10H,3-7H2,1-2H3,(H,11,12). The van der Waals surface area contributed by atoms with Crippen LogP contribution < -0.4 is 5.32 Å². The Morgan fingerprint density at radius 1 is 1.50 bits per heavy atom. The predicted molar refractivity (Wildman–Crippen MR) is 52.4 cm³/mol. The lowest BCUT2D eigenvalue weighted by Gasteiger charge is -2.13. The lowest BCUT2D eigenvalue weighted by Crippen LogP contribution is -2.41. The van der Waals surface area contributed by atoms with Gasteiger partial charge in [-0.1, -0.05) is 6.92 Å². The second-order valence-corrected chi connectivity index (χ2v) is 2.91. The molecule has 2 N–H and O–H groups in total. The second-order valence-electron chi connectivity index (χ2n) is 2.91. The molecular weight excluding hydrogens is 186 g/mol. The van der Waals surface area contributed by atoms with Crippen molar-refractivity contribution in [3.8, 4) is 0 Å². The summed E-state index contributed by atoms with van der Waals surface area (Å²) in [6.07, 6.45) is 0.905. The molecule has 0 heterocycles. The number of carboxylic acids is 1. The smallest absolute Gasteiger partial charge is 0.323 e. The molecule has 0 aromatic rings. The first-order valence-electron chi connectivity index (χ1n) is 4.75. The van der Waals surface area contributed by atoms with Crippen molar-refractivity contribution in [2.75, 3.05) is 33.5 Å². The molecular formula is C9H19NO4. The highest BCUT2D eigenvalue weighted by molar-refractivity contribution is 5.73. The van der Waals surface area contributed by atoms with Crippen molar-refractivity contribution < 1.29 is 19.4 Å². The van der Waals surface area contributed by atoms with E-state index in [0.29, 0.717) is 19.8 Å². The van der Waals surface area contributed by atoms with E-state index in [1.807, 2.05) is 6.92 Å². The van der Waals surface area contributed by atoms with E-state index in [0.717, 1.165) is 6.42 Å². The number of nitrogens with one attached hydrogen (secondary N) is 1. The Hall–Kier alpha value is -0.650. The topological polar surface area (TPSA) is 67.8 Å². The van der Waals surface area contributed by atoms with Crippen LogP contribution in [-0.2, 0) is 14.3 Å². The molecule has 0 radical (unpaired) electrons. The van der Waals surface area contributed by atoms with Crippen molar-refractivity contribution in [3.63, 3.8) is 0 Å². The summed E-state index contributed by atoms with van der Waals surface area (Å²) in [5, 5.41) is 11.7. The monoisotopic (exact) mass is 205 g/mol. The van der Waals surface area contributed by atoms with Crippen molar-refractivity contribution in [1.82, 2.24) is 5.32 Å². The van der Waals surface area contributed by atoms with E-state index in [9.17, 15) is 4.79 Å². The normalized spacial score (nSPS) is 12.7. The molecule has 0 aliphatic carbocycles. The average molecular weight is 205 g/mol. The number of methoxy groups -OCH3 is 1. The van der Waals surface area contributed by atoms with E-state index in [1.165, 1.54) is 0 Å². The molecule has 0 rings (SSSR count). The Balaban J connectivity index is 3.57. The fraction of sp³-hybridized carbons (Fsp3) is 0.889. The van der Waals surface area contributed by atoms with Gasteiger partial charge in [0.1, 0.15) is 6.04 Å². The molecule has 14 heavy (non-hydrogen) atoms. The summed E-state index contributed by atoms with van der Waals surface area (Å²) in [7, 11) is 1.58. The zero-order valence-corrected chi connectivity index (χ0v) is 8.78. The SMILES string of the molecule is CCCNC(COCCOC)C(=O)O. The van der Waals surface area contributed by atoms with Gasteiger partial charge in [-0.3, -0.25) is 4.79 Å². The predicted octanol–water partition coefficient (Wildman–Crippen LogP) is 0.102. The van der Waals surface area contributed by atoms with Gasteiger partial charge in [0, 0.05) is 7.11 Å². The van der Waals surface area contributed by atoms with Crippen LogP contribution in [0.5, 0.6) is 0 Å². The highest BCUT2D eigenvalue weighted by Crippen LogP contribution is 1.88. The summed E-state index contributed by atoms with van der Waals surface area (Å²) in [4.78, 5) is 10.7. The van der Waals surface area contributed by atoms with Crippen LogP contribution in [-0.4, -0.2) is 50.6 Å². The third-order valence-electron chi connectivity index (χ3n) is 1.66. The number of hydrogen-bond acceptors (Lipinski definition) is 4. The summed E-state index contributed by atoms with van der Waals surface area (Å²) in [6, 6.07) is -0.619. The fourth-order valence-corrected chi connectivity index (χ4v) is 0.880. The Morgan fingerprint density at radius 3 is 2.71 bits per heavy atom. The Bertz CT molecular complexity index is 152. The number of hydrogen-bond donors (Lipinski definition) is 2. The molecule has 0 bridgehead atoms. The van der Waals surface area contributed by atoms with E-state index in [2.05, 4.69) is 5.32 Å². The quantitative estimate of drug-likeness (QED) is 0.523. The minimum Gasteiger partial charge on any atom is -0.480 e. The molecule has 5 nitrogen and oxygen atoms in total. The summed E-state index contributed by atoms with van der Waals surface area (Å²) in [6.45, 7) is 3.76. The molecule has 84 valence electrons. The highest BCUT2D eigenvalue weighted by atomic mass is 16.5. The van der Waals surface area contributed by atoms with E-state index < -0.39 is 12.0 Å². The molecule has 0 aromatic heterocycles. The molecule has 0 fully saturated rings.